The maximum atomic E-state index is 11.6. The van der Waals surface area contributed by atoms with Gasteiger partial charge in [-0.15, -0.1) is 0 Å². The van der Waals surface area contributed by atoms with E-state index in [0.29, 0.717) is 0 Å². The highest BCUT2D eigenvalue weighted by atomic mass is 16.1. The van der Waals surface area contributed by atoms with E-state index in [4.69, 9.17) is 0 Å². The second kappa shape index (κ2) is 4.69. The molecule has 1 rings (SSSR count). The summed E-state index contributed by atoms with van der Waals surface area (Å²) in [4.78, 5) is 11.6. The molecule has 2 heteroatoms. The summed E-state index contributed by atoms with van der Waals surface area (Å²) in [6.07, 6.45) is 0.952. The Hall–Kier alpha value is -1.31. The van der Waals surface area contributed by atoms with Crippen molar-refractivity contribution in [2.75, 3.05) is 7.05 Å². The van der Waals surface area contributed by atoms with Crippen LogP contribution in [0.4, 0.5) is 0 Å². The molecule has 0 aliphatic heterocycles. The van der Waals surface area contributed by atoms with Gasteiger partial charge >= 0.3 is 0 Å². The predicted octanol–water partition coefficient (Wildman–Crippen LogP) is 2.91. The van der Waals surface area contributed by atoms with Gasteiger partial charge in [0.1, 0.15) is 0 Å². The molecule has 1 amide bonds. The maximum absolute atomic E-state index is 11.6. The smallest absolute Gasteiger partial charge is 0.251 e. The topological polar surface area (TPSA) is 29.1 Å². The molecule has 1 N–H and O–H groups in total. The van der Waals surface area contributed by atoms with E-state index >= 15 is 0 Å². The highest BCUT2D eigenvalue weighted by Gasteiger charge is 2.16. The third kappa shape index (κ3) is 2.84. The van der Waals surface area contributed by atoms with E-state index in [1.54, 1.807) is 7.05 Å². The van der Waals surface area contributed by atoms with Gasteiger partial charge in [0.15, 0.2) is 0 Å². The first-order valence-corrected chi connectivity index (χ1v) is 5.75. The molecule has 16 heavy (non-hydrogen) atoms. The molecule has 0 bridgehead atoms. The van der Waals surface area contributed by atoms with E-state index in [2.05, 4.69) is 39.1 Å². The number of carbonyl (C=O) groups excluding carboxylic acids is 1. The van der Waals surface area contributed by atoms with Crippen LogP contribution in [0.1, 0.15) is 49.2 Å². The Balaban J connectivity index is 3.27. The number of carbonyl (C=O) groups is 1. The van der Waals surface area contributed by atoms with Gasteiger partial charge in [-0.3, -0.25) is 4.79 Å². The van der Waals surface area contributed by atoms with Gasteiger partial charge in [-0.05, 0) is 35.1 Å². The number of hydrogen-bond acceptors (Lipinski definition) is 1. The molecule has 88 valence electrons. The Kier molecular flexibility index (Phi) is 3.74. The first-order chi connectivity index (χ1) is 7.38. The van der Waals surface area contributed by atoms with E-state index in [1.165, 1.54) is 11.1 Å². The lowest BCUT2D eigenvalue weighted by atomic mass is 9.84. The fraction of sp³-hybridized carbons (Fsp3) is 0.500. The van der Waals surface area contributed by atoms with Crippen LogP contribution in [0.25, 0.3) is 0 Å². The lowest BCUT2D eigenvalue weighted by Crippen LogP contribution is -2.20. The number of benzene rings is 1. The van der Waals surface area contributed by atoms with Gasteiger partial charge in [-0.2, -0.15) is 0 Å². The number of hydrogen-bond donors (Lipinski definition) is 1. The first kappa shape index (κ1) is 12.8. The van der Waals surface area contributed by atoms with E-state index in [1.807, 2.05) is 12.1 Å². The fourth-order valence-electron chi connectivity index (χ4n) is 1.60. The van der Waals surface area contributed by atoms with Gasteiger partial charge in [0.2, 0.25) is 0 Å². The molecule has 0 spiro atoms. The predicted molar refractivity (Wildman–Crippen MR) is 67.9 cm³/mol. The Bertz CT molecular complexity index is 388. The van der Waals surface area contributed by atoms with Gasteiger partial charge in [-0.1, -0.05) is 33.8 Å². The van der Waals surface area contributed by atoms with Crippen LogP contribution in [-0.4, -0.2) is 13.0 Å². The third-order valence-electron chi connectivity index (χ3n) is 2.76. The molecular formula is C14H21NO. The molecular weight excluding hydrogens is 198 g/mol. The molecule has 0 aromatic heterocycles. The zero-order valence-corrected chi connectivity index (χ0v) is 10.8. The second-order valence-corrected chi connectivity index (χ2v) is 5.10. The molecule has 0 fully saturated rings. The quantitative estimate of drug-likeness (QED) is 0.814. The van der Waals surface area contributed by atoms with Crippen molar-refractivity contribution in [2.45, 2.75) is 39.5 Å². The third-order valence-corrected chi connectivity index (χ3v) is 2.76. The average Bonchev–Trinajstić information content (AvgIpc) is 2.26. The zero-order valence-electron chi connectivity index (χ0n) is 10.8. The Morgan fingerprint density at radius 1 is 1.25 bits per heavy atom. The van der Waals surface area contributed by atoms with Crippen LogP contribution in [0, 0.1) is 0 Å². The van der Waals surface area contributed by atoms with Gasteiger partial charge in [0, 0.05) is 12.6 Å². The molecule has 2 nitrogen and oxygen atoms in total. The van der Waals surface area contributed by atoms with Crippen LogP contribution >= 0.6 is 0 Å². The summed E-state index contributed by atoms with van der Waals surface area (Å²) in [5.41, 5.74) is 3.26. The van der Waals surface area contributed by atoms with Crippen LogP contribution in [-0.2, 0) is 11.8 Å². The summed E-state index contributed by atoms with van der Waals surface area (Å²) in [7, 11) is 1.66. The standard InChI is InChI=1S/C14H21NO/c1-6-10-7-11(13(16)15-5)9-12(8-10)14(2,3)4/h7-9H,6H2,1-5H3,(H,15,16). The van der Waals surface area contributed by atoms with Gasteiger partial charge < -0.3 is 5.32 Å². The number of aryl methyl sites for hydroxylation is 1. The fourth-order valence-corrected chi connectivity index (χ4v) is 1.60. The van der Waals surface area contributed by atoms with Crippen LogP contribution in [0.3, 0.4) is 0 Å². The summed E-state index contributed by atoms with van der Waals surface area (Å²) in [6, 6.07) is 6.14. The maximum Gasteiger partial charge on any atom is 0.251 e. The molecule has 0 saturated carbocycles. The highest BCUT2D eigenvalue weighted by molar-refractivity contribution is 5.94. The van der Waals surface area contributed by atoms with Crippen molar-refractivity contribution >= 4 is 5.91 Å². The van der Waals surface area contributed by atoms with Crippen molar-refractivity contribution in [2.24, 2.45) is 0 Å². The van der Waals surface area contributed by atoms with Gasteiger partial charge in [0.05, 0.1) is 0 Å². The lowest BCUT2D eigenvalue weighted by molar-refractivity contribution is 0.0963. The number of rotatable bonds is 2. The summed E-state index contributed by atoms with van der Waals surface area (Å²) < 4.78 is 0. The van der Waals surface area contributed by atoms with E-state index in [-0.39, 0.29) is 11.3 Å². The van der Waals surface area contributed by atoms with Crippen molar-refractivity contribution in [3.8, 4) is 0 Å². The number of amides is 1. The van der Waals surface area contributed by atoms with Crippen LogP contribution < -0.4 is 5.32 Å². The monoisotopic (exact) mass is 219 g/mol. The van der Waals surface area contributed by atoms with E-state index < -0.39 is 0 Å². The van der Waals surface area contributed by atoms with Gasteiger partial charge in [-0.25, -0.2) is 0 Å². The van der Waals surface area contributed by atoms with Crippen molar-refractivity contribution in [1.29, 1.82) is 0 Å². The lowest BCUT2D eigenvalue weighted by Gasteiger charge is -2.21. The Labute approximate surface area is 98.1 Å². The minimum Gasteiger partial charge on any atom is -0.355 e. The minimum absolute atomic E-state index is 0.0131. The first-order valence-electron chi connectivity index (χ1n) is 5.75. The van der Waals surface area contributed by atoms with E-state index in [0.717, 1.165) is 12.0 Å². The second-order valence-electron chi connectivity index (χ2n) is 5.10. The van der Waals surface area contributed by atoms with Crippen LogP contribution in [0.5, 0.6) is 0 Å². The Morgan fingerprint density at radius 2 is 1.88 bits per heavy atom. The molecule has 1 aromatic carbocycles. The zero-order chi connectivity index (χ0) is 12.3. The summed E-state index contributed by atoms with van der Waals surface area (Å²) in [5, 5.41) is 2.67. The van der Waals surface area contributed by atoms with Crippen LogP contribution in [0.2, 0.25) is 0 Å². The molecule has 0 aliphatic rings. The highest BCUT2D eigenvalue weighted by Crippen LogP contribution is 2.24. The van der Waals surface area contributed by atoms with Crippen LogP contribution in [0.15, 0.2) is 18.2 Å². The van der Waals surface area contributed by atoms with Crippen molar-refractivity contribution in [3.63, 3.8) is 0 Å². The Morgan fingerprint density at radius 3 is 2.31 bits per heavy atom. The van der Waals surface area contributed by atoms with Gasteiger partial charge in [0.25, 0.3) is 5.91 Å². The molecule has 0 radical (unpaired) electrons. The SMILES string of the molecule is CCc1cc(C(=O)NC)cc(C(C)(C)C)c1. The summed E-state index contributed by atoms with van der Waals surface area (Å²) in [6.45, 7) is 8.59. The molecule has 0 atom stereocenters. The van der Waals surface area contributed by atoms with Crippen molar-refractivity contribution < 1.29 is 4.79 Å². The molecule has 0 heterocycles. The van der Waals surface area contributed by atoms with Crippen molar-refractivity contribution in [3.05, 3.63) is 34.9 Å². The van der Waals surface area contributed by atoms with E-state index in [9.17, 15) is 4.79 Å². The largest absolute Gasteiger partial charge is 0.355 e. The van der Waals surface area contributed by atoms with Crippen molar-refractivity contribution in [1.82, 2.24) is 5.32 Å². The minimum atomic E-state index is -0.0131. The molecule has 1 aromatic rings. The average molecular weight is 219 g/mol. The summed E-state index contributed by atoms with van der Waals surface area (Å²) >= 11 is 0. The molecule has 0 saturated heterocycles. The molecule has 0 unspecified atom stereocenters. The normalized spacial score (nSPS) is 11.3. The summed E-state index contributed by atoms with van der Waals surface area (Å²) in [5.74, 6) is -0.0131. The number of nitrogens with one attached hydrogen (secondary N) is 1. The molecule has 0 aliphatic carbocycles.